The molecule has 2 aliphatic rings. The lowest BCUT2D eigenvalue weighted by Gasteiger charge is -2.42. The van der Waals surface area contributed by atoms with E-state index in [0.717, 1.165) is 62.7 Å². The predicted octanol–water partition coefficient (Wildman–Crippen LogP) is 4.63. The Balaban J connectivity index is 1.32. The topological polar surface area (TPSA) is 45.2 Å². The molecule has 0 aliphatic carbocycles. The fourth-order valence-corrected chi connectivity index (χ4v) is 5.31. The molecule has 188 valence electrons. The summed E-state index contributed by atoms with van der Waals surface area (Å²) in [7, 11) is 3.20. The summed E-state index contributed by atoms with van der Waals surface area (Å²) in [4.78, 5) is 20.4. The normalized spacial score (nSPS) is 18.0. The lowest BCUT2D eigenvalue weighted by Crippen LogP contribution is -2.54. The van der Waals surface area contributed by atoms with Gasteiger partial charge in [0.2, 0.25) is 0 Å². The van der Waals surface area contributed by atoms with Crippen LogP contribution in [0, 0.1) is 5.82 Å². The van der Waals surface area contributed by atoms with Crippen LogP contribution in [0.15, 0.2) is 66.7 Å². The lowest BCUT2D eigenvalue weighted by molar-refractivity contribution is 0.0963. The van der Waals surface area contributed by atoms with Gasteiger partial charge in [-0.2, -0.15) is 0 Å². The Morgan fingerprint density at radius 2 is 1.67 bits per heavy atom. The minimum absolute atomic E-state index is 0.0180. The van der Waals surface area contributed by atoms with Gasteiger partial charge in [0.05, 0.1) is 25.9 Å². The Labute approximate surface area is 211 Å². The standard InChI is InChI=1S/C29H32FN3O3/c1-35-25-12-8-22(9-13-25)29(34)33-24(11-7-21-5-3-4-6-26(21)33)20-31-15-17-32(18-16-31)27-14-10-23(30)19-28(27)36-2/h3-6,8-10,12-14,19,24H,7,11,15-18,20H2,1-2H3. The second-order valence-electron chi connectivity index (χ2n) is 9.33. The van der Waals surface area contributed by atoms with Gasteiger partial charge in [-0.05, 0) is 60.9 Å². The smallest absolute Gasteiger partial charge is 0.258 e. The minimum Gasteiger partial charge on any atom is -0.497 e. The third-order valence-corrected chi connectivity index (χ3v) is 7.24. The number of anilines is 2. The van der Waals surface area contributed by atoms with Crippen LogP contribution in [-0.4, -0.2) is 63.8 Å². The number of hydrogen-bond acceptors (Lipinski definition) is 5. The fraction of sp³-hybridized carbons (Fsp3) is 0.345. The quantitative estimate of drug-likeness (QED) is 0.505. The first-order chi connectivity index (χ1) is 17.6. The van der Waals surface area contributed by atoms with Crippen molar-refractivity contribution in [2.75, 3.05) is 56.7 Å². The highest BCUT2D eigenvalue weighted by Gasteiger charge is 2.33. The predicted molar refractivity (Wildman–Crippen MR) is 140 cm³/mol. The third kappa shape index (κ3) is 4.88. The number of rotatable bonds is 6. The number of aryl methyl sites for hydroxylation is 1. The van der Waals surface area contributed by atoms with Gasteiger partial charge in [0.25, 0.3) is 5.91 Å². The number of piperazine rings is 1. The van der Waals surface area contributed by atoms with Crippen LogP contribution in [0.25, 0.3) is 0 Å². The number of hydrogen-bond donors (Lipinski definition) is 0. The number of carbonyl (C=O) groups excluding carboxylic acids is 1. The van der Waals surface area contributed by atoms with E-state index in [-0.39, 0.29) is 17.8 Å². The van der Waals surface area contributed by atoms with Gasteiger partial charge in [-0.3, -0.25) is 9.69 Å². The molecule has 2 aliphatic heterocycles. The van der Waals surface area contributed by atoms with Crippen molar-refractivity contribution in [1.29, 1.82) is 0 Å². The van der Waals surface area contributed by atoms with Crippen LogP contribution in [0.3, 0.4) is 0 Å². The number of halogens is 1. The Hall–Kier alpha value is -3.58. The van der Waals surface area contributed by atoms with Crippen LogP contribution >= 0.6 is 0 Å². The van der Waals surface area contributed by atoms with E-state index in [2.05, 4.69) is 21.9 Å². The first-order valence-corrected chi connectivity index (χ1v) is 12.4. The number of methoxy groups -OCH3 is 2. The number of nitrogens with zero attached hydrogens (tertiary/aromatic N) is 3. The van der Waals surface area contributed by atoms with Crippen LogP contribution in [0.4, 0.5) is 15.8 Å². The summed E-state index contributed by atoms with van der Waals surface area (Å²) in [5.41, 5.74) is 3.79. The average Bonchev–Trinajstić information content (AvgIpc) is 2.93. The van der Waals surface area contributed by atoms with Crippen LogP contribution in [0.1, 0.15) is 22.3 Å². The van der Waals surface area contributed by atoms with Crippen molar-refractivity contribution in [3.05, 3.63) is 83.7 Å². The summed E-state index contributed by atoms with van der Waals surface area (Å²) in [6, 6.07) is 20.4. The van der Waals surface area contributed by atoms with Gasteiger partial charge in [-0.15, -0.1) is 0 Å². The molecule has 3 aromatic carbocycles. The second-order valence-corrected chi connectivity index (χ2v) is 9.33. The van der Waals surface area contributed by atoms with Crippen LogP contribution < -0.4 is 19.3 Å². The molecule has 3 aromatic rings. The number of fused-ring (bicyclic) bond motifs is 1. The molecule has 6 nitrogen and oxygen atoms in total. The van der Waals surface area contributed by atoms with E-state index in [1.807, 2.05) is 41.3 Å². The van der Waals surface area contributed by atoms with Gasteiger partial charge in [-0.25, -0.2) is 4.39 Å². The molecule has 1 unspecified atom stereocenters. The Morgan fingerprint density at radius 1 is 0.917 bits per heavy atom. The largest absolute Gasteiger partial charge is 0.497 e. The van der Waals surface area contributed by atoms with Gasteiger partial charge in [0, 0.05) is 50.0 Å². The van der Waals surface area contributed by atoms with Crippen molar-refractivity contribution >= 4 is 17.3 Å². The van der Waals surface area contributed by atoms with Crippen LogP contribution in [0.5, 0.6) is 11.5 Å². The van der Waals surface area contributed by atoms with Crippen molar-refractivity contribution in [2.45, 2.75) is 18.9 Å². The second kappa shape index (κ2) is 10.6. The first kappa shape index (κ1) is 24.1. The molecular weight excluding hydrogens is 457 g/mol. The monoisotopic (exact) mass is 489 g/mol. The molecule has 7 heteroatoms. The number of carbonyl (C=O) groups is 1. The van der Waals surface area contributed by atoms with E-state index in [9.17, 15) is 9.18 Å². The van der Waals surface area contributed by atoms with E-state index in [1.54, 1.807) is 20.3 Å². The lowest BCUT2D eigenvalue weighted by atomic mass is 9.94. The van der Waals surface area contributed by atoms with Crippen molar-refractivity contribution in [2.24, 2.45) is 0 Å². The molecule has 0 aromatic heterocycles. The Bertz CT molecular complexity index is 1210. The summed E-state index contributed by atoms with van der Waals surface area (Å²) in [6.45, 7) is 4.17. The molecule has 0 N–H and O–H groups in total. The van der Waals surface area contributed by atoms with Crippen molar-refractivity contribution in [3.8, 4) is 11.5 Å². The van der Waals surface area contributed by atoms with Gasteiger partial charge < -0.3 is 19.3 Å². The van der Waals surface area contributed by atoms with Crippen LogP contribution in [0.2, 0.25) is 0 Å². The Morgan fingerprint density at radius 3 is 2.39 bits per heavy atom. The zero-order chi connectivity index (χ0) is 25.1. The zero-order valence-corrected chi connectivity index (χ0v) is 20.8. The summed E-state index contributed by atoms with van der Waals surface area (Å²) in [5.74, 6) is 1.01. The first-order valence-electron chi connectivity index (χ1n) is 12.4. The molecule has 0 radical (unpaired) electrons. The van der Waals surface area contributed by atoms with Crippen molar-refractivity contribution in [1.82, 2.24) is 4.90 Å². The molecule has 36 heavy (non-hydrogen) atoms. The van der Waals surface area contributed by atoms with E-state index in [1.165, 1.54) is 17.7 Å². The maximum absolute atomic E-state index is 13.8. The van der Waals surface area contributed by atoms with Crippen LogP contribution in [-0.2, 0) is 6.42 Å². The third-order valence-electron chi connectivity index (χ3n) is 7.24. The van der Waals surface area contributed by atoms with Gasteiger partial charge in [0.15, 0.2) is 0 Å². The maximum atomic E-state index is 13.8. The van der Waals surface area contributed by atoms with E-state index in [0.29, 0.717) is 11.3 Å². The van der Waals surface area contributed by atoms with Gasteiger partial charge in [-0.1, -0.05) is 18.2 Å². The zero-order valence-electron chi connectivity index (χ0n) is 20.8. The summed E-state index contributed by atoms with van der Waals surface area (Å²) in [6.07, 6.45) is 1.88. The summed E-state index contributed by atoms with van der Waals surface area (Å²) < 4.78 is 24.3. The number of amides is 1. The van der Waals surface area contributed by atoms with E-state index < -0.39 is 0 Å². The molecule has 2 heterocycles. The molecule has 1 atom stereocenters. The molecule has 1 fully saturated rings. The fourth-order valence-electron chi connectivity index (χ4n) is 5.31. The highest BCUT2D eigenvalue weighted by atomic mass is 19.1. The van der Waals surface area contributed by atoms with Crippen molar-refractivity contribution < 1.29 is 18.7 Å². The highest BCUT2D eigenvalue weighted by molar-refractivity contribution is 6.07. The highest BCUT2D eigenvalue weighted by Crippen LogP contribution is 2.34. The summed E-state index contributed by atoms with van der Waals surface area (Å²) >= 11 is 0. The molecule has 1 saturated heterocycles. The summed E-state index contributed by atoms with van der Waals surface area (Å²) in [5, 5.41) is 0. The minimum atomic E-state index is -0.298. The molecule has 0 spiro atoms. The van der Waals surface area contributed by atoms with Gasteiger partial charge >= 0.3 is 0 Å². The van der Waals surface area contributed by atoms with E-state index in [4.69, 9.17) is 9.47 Å². The molecule has 0 saturated carbocycles. The van der Waals surface area contributed by atoms with E-state index >= 15 is 0 Å². The number of benzene rings is 3. The average molecular weight is 490 g/mol. The molecule has 0 bridgehead atoms. The Kier molecular flexibility index (Phi) is 7.09. The number of ether oxygens (including phenoxy) is 2. The van der Waals surface area contributed by atoms with Crippen molar-refractivity contribution in [3.63, 3.8) is 0 Å². The molecule has 1 amide bonds. The maximum Gasteiger partial charge on any atom is 0.258 e. The number of para-hydroxylation sites is 1. The SMILES string of the molecule is COc1ccc(C(=O)N2c3ccccc3CCC2CN2CCN(c3ccc(F)cc3OC)CC2)cc1. The van der Waals surface area contributed by atoms with Gasteiger partial charge in [0.1, 0.15) is 17.3 Å². The molecule has 5 rings (SSSR count). The molecular formula is C29H32FN3O3.